The van der Waals surface area contributed by atoms with Crippen LogP contribution in [0.4, 0.5) is 0 Å². The van der Waals surface area contributed by atoms with Crippen LogP contribution in [-0.2, 0) is 30.2 Å². The molecule has 0 heterocycles. The normalized spacial score (nSPS) is 17.7. The van der Waals surface area contributed by atoms with Gasteiger partial charge in [0, 0.05) is 24.6 Å². The predicted molar refractivity (Wildman–Crippen MR) is 105 cm³/mol. The van der Waals surface area contributed by atoms with Crippen LogP contribution in [0.15, 0.2) is 30.0 Å². The van der Waals surface area contributed by atoms with Crippen LogP contribution in [0.1, 0.15) is 51.7 Å². The van der Waals surface area contributed by atoms with Crippen molar-refractivity contribution in [3.63, 3.8) is 0 Å². The summed E-state index contributed by atoms with van der Waals surface area (Å²) in [6.45, 7) is 7.72. The van der Waals surface area contributed by atoms with Crippen LogP contribution in [0.3, 0.4) is 0 Å². The van der Waals surface area contributed by atoms with Gasteiger partial charge in [-0.3, -0.25) is 13.8 Å². The number of aryl methyl sites for hydroxylation is 1. The maximum absolute atomic E-state index is 12.9. The third kappa shape index (κ3) is 5.01. The summed E-state index contributed by atoms with van der Waals surface area (Å²) in [7, 11) is 0. The Morgan fingerprint density at radius 1 is 1.12 bits per heavy atom. The van der Waals surface area contributed by atoms with Crippen molar-refractivity contribution in [2.75, 3.05) is 13.2 Å². The van der Waals surface area contributed by atoms with Crippen LogP contribution >= 0.6 is 6.72 Å². The molecule has 0 aromatic heterocycles. The second-order valence-corrected chi connectivity index (χ2v) is 9.86. The lowest BCUT2D eigenvalue weighted by atomic mass is 9.75. The zero-order chi connectivity index (χ0) is 18.7. The van der Waals surface area contributed by atoms with Gasteiger partial charge in [-0.25, -0.2) is 0 Å². The zero-order valence-electron chi connectivity index (χ0n) is 15.6. The average molecular weight is 382 g/mol. The van der Waals surface area contributed by atoms with Crippen molar-refractivity contribution in [3.8, 4) is 0 Å². The van der Waals surface area contributed by atoms with Crippen molar-refractivity contribution < 1.29 is 18.4 Å². The Balaban J connectivity index is 2.56. The summed E-state index contributed by atoms with van der Waals surface area (Å²) in [5.41, 5.74) is 2.36. The molecule has 0 N–H and O–H groups in total. The molecule has 0 radical (unpaired) electrons. The first-order valence-corrected chi connectivity index (χ1v) is 11.2. The molecule has 0 spiro atoms. The van der Waals surface area contributed by atoms with E-state index in [1.54, 1.807) is 0 Å². The summed E-state index contributed by atoms with van der Waals surface area (Å²) in [5, 5.41) is 0. The SMILES string of the molecule is CCOP(=S)(OCC)OC1=C(c2ccccc2C)C(=O)CC(C)(C)C1. The van der Waals surface area contributed by atoms with Gasteiger partial charge in [0.15, 0.2) is 5.78 Å². The lowest BCUT2D eigenvalue weighted by Crippen LogP contribution is -2.26. The van der Waals surface area contributed by atoms with Crippen molar-refractivity contribution in [1.82, 2.24) is 0 Å². The molecule has 25 heavy (non-hydrogen) atoms. The van der Waals surface area contributed by atoms with E-state index in [0.29, 0.717) is 37.4 Å². The highest BCUT2D eigenvalue weighted by Crippen LogP contribution is 2.55. The topological polar surface area (TPSA) is 44.8 Å². The number of rotatable bonds is 7. The van der Waals surface area contributed by atoms with E-state index in [4.69, 9.17) is 25.4 Å². The van der Waals surface area contributed by atoms with Crippen molar-refractivity contribution in [1.29, 1.82) is 0 Å². The molecule has 1 aliphatic rings. The molecule has 1 aromatic rings. The molecule has 0 saturated carbocycles. The second-order valence-electron chi connectivity index (χ2n) is 6.93. The summed E-state index contributed by atoms with van der Waals surface area (Å²) in [5.74, 6) is 0.677. The van der Waals surface area contributed by atoms with Gasteiger partial charge in [0.1, 0.15) is 5.76 Å². The number of benzene rings is 1. The number of hydrogen-bond acceptors (Lipinski definition) is 5. The molecule has 138 valence electrons. The van der Waals surface area contributed by atoms with Gasteiger partial charge >= 0.3 is 6.72 Å². The number of allylic oxidation sites excluding steroid dienone is 2. The fourth-order valence-electron chi connectivity index (χ4n) is 3.04. The molecular weight excluding hydrogens is 355 g/mol. The molecule has 0 fully saturated rings. The van der Waals surface area contributed by atoms with Crippen LogP contribution in [0.25, 0.3) is 5.57 Å². The van der Waals surface area contributed by atoms with E-state index in [0.717, 1.165) is 11.1 Å². The zero-order valence-corrected chi connectivity index (χ0v) is 17.3. The van der Waals surface area contributed by atoms with E-state index in [2.05, 4.69) is 13.8 Å². The van der Waals surface area contributed by atoms with Crippen molar-refractivity contribution in [2.24, 2.45) is 5.41 Å². The van der Waals surface area contributed by atoms with Crippen LogP contribution in [0, 0.1) is 12.3 Å². The summed E-state index contributed by atoms with van der Waals surface area (Å²) in [6.07, 6.45) is 1.11. The lowest BCUT2D eigenvalue weighted by molar-refractivity contribution is -0.116. The Kier molecular flexibility index (Phi) is 6.61. The van der Waals surface area contributed by atoms with Crippen LogP contribution in [0.2, 0.25) is 0 Å². The largest absolute Gasteiger partial charge is 0.428 e. The predicted octanol–water partition coefficient (Wildman–Crippen LogP) is 5.41. The fraction of sp³-hybridized carbons (Fsp3) is 0.526. The standard InChI is InChI=1S/C19H27O4PS/c1-6-21-24(25,22-7-2)23-17-13-19(4,5)12-16(20)18(17)15-11-9-8-10-14(15)3/h8-11H,6-7,12-13H2,1-5H3. The number of hydrogen-bond donors (Lipinski definition) is 0. The smallest absolute Gasteiger partial charge is 0.380 e. The average Bonchev–Trinajstić information content (AvgIpc) is 2.47. The highest BCUT2D eigenvalue weighted by Gasteiger charge is 2.37. The van der Waals surface area contributed by atoms with Gasteiger partial charge in [0.25, 0.3) is 0 Å². The maximum atomic E-state index is 12.9. The summed E-state index contributed by atoms with van der Waals surface area (Å²) >= 11 is 5.53. The van der Waals surface area contributed by atoms with Crippen molar-refractivity contribution >= 4 is 29.9 Å². The monoisotopic (exact) mass is 382 g/mol. The Bertz CT molecular complexity index is 714. The number of carbonyl (C=O) groups is 1. The molecular formula is C19H27O4PS. The van der Waals surface area contributed by atoms with E-state index in [1.807, 2.05) is 45.0 Å². The Morgan fingerprint density at radius 2 is 1.72 bits per heavy atom. The van der Waals surface area contributed by atoms with Gasteiger partial charge in [-0.1, -0.05) is 38.1 Å². The molecule has 0 bridgehead atoms. The highest BCUT2D eigenvalue weighted by molar-refractivity contribution is 8.07. The van der Waals surface area contributed by atoms with Gasteiger partial charge in [-0.05, 0) is 37.3 Å². The van der Waals surface area contributed by atoms with Gasteiger partial charge in [0.05, 0.1) is 18.8 Å². The molecule has 0 saturated heterocycles. The minimum atomic E-state index is -2.92. The summed E-state index contributed by atoms with van der Waals surface area (Å²) < 4.78 is 17.4. The molecule has 6 heteroatoms. The van der Waals surface area contributed by atoms with Gasteiger partial charge in [-0.15, -0.1) is 0 Å². The second kappa shape index (κ2) is 8.13. The third-order valence-electron chi connectivity index (χ3n) is 4.05. The molecule has 0 aliphatic heterocycles. The first-order chi connectivity index (χ1) is 11.7. The quantitative estimate of drug-likeness (QED) is 0.590. The molecule has 1 aliphatic carbocycles. The minimum Gasteiger partial charge on any atom is -0.428 e. The molecule has 0 amide bonds. The number of Topliss-reactive ketones (excluding diaryl/α,β-unsaturated/α-hetero) is 1. The summed E-state index contributed by atoms with van der Waals surface area (Å²) in [6, 6.07) is 7.84. The minimum absolute atomic E-state index is 0.0788. The van der Waals surface area contributed by atoms with Gasteiger partial charge in [-0.2, -0.15) is 0 Å². The van der Waals surface area contributed by atoms with E-state index < -0.39 is 6.72 Å². The van der Waals surface area contributed by atoms with E-state index in [-0.39, 0.29) is 11.2 Å². The molecule has 1 aromatic carbocycles. The first-order valence-electron chi connectivity index (χ1n) is 8.62. The maximum Gasteiger partial charge on any atom is 0.380 e. The van der Waals surface area contributed by atoms with Crippen LogP contribution in [-0.4, -0.2) is 19.0 Å². The fourth-order valence-corrected chi connectivity index (χ4v) is 5.18. The molecule has 0 unspecified atom stereocenters. The van der Waals surface area contributed by atoms with E-state index >= 15 is 0 Å². The number of ketones is 1. The first kappa shape index (κ1) is 20.3. The van der Waals surface area contributed by atoms with Gasteiger partial charge in [0.2, 0.25) is 0 Å². The Morgan fingerprint density at radius 3 is 2.28 bits per heavy atom. The van der Waals surface area contributed by atoms with E-state index in [9.17, 15) is 4.79 Å². The van der Waals surface area contributed by atoms with E-state index in [1.165, 1.54) is 0 Å². The van der Waals surface area contributed by atoms with Crippen molar-refractivity contribution in [3.05, 3.63) is 41.2 Å². The third-order valence-corrected chi connectivity index (χ3v) is 6.50. The van der Waals surface area contributed by atoms with Gasteiger partial charge < -0.3 is 4.52 Å². The molecule has 0 atom stereocenters. The van der Waals surface area contributed by atoms with Crippen LogP contribution < -0.4 is 0 Å². The molecule has 4 nitrogen and oxygen atoms in total. The Labute approximate surface area is 155 Å². The lowest BCUT2D eigenvalue weighted by Gasteiger charge is -2.34. The molecule has 2 rings (SSSR count). The highest BCUT2D eigenvalue weighted by atomic mass is 32.5. The number of carbonyl (C=O) groups excluding carboxylic acids is 1. The summed E-state index contributed by atoms with van der Waals surface area (Å²) in [4.78, 5) is 12.9. The van der Waals surface area contributed by atoms with Crippen LogP contribution in [0.5, 0.6) is 0 Å². The van der Waals surface area contributed by atoms with Crippen molar-refractivity contribution in [2.45, 2.75) is 47.5 Å². The Hall–Kier alpha value is -1.00.